The molecule has 0 radical (unpaired) electrons. The summed E-state index contributed by atoms with van der Waals surface area (Å²) in [7, 11) is 0. The molecule has 0 saturated heterocycles. The number of hydrogen-bond acceptors (Lipinski definition) is 3. The molecular weight excluding hydrogens is 467 g/mol. The van der Waals surface area contributed by atoms with Crippen LogP contribution in [-0.4, -0.2) is 35.9 Å². The fraction of sp³-hybridized carbons (Fsp3) is 0.286. The van der Waals surface area contributed by atoms with Crippen LogP contribution in [0, 0.1) is 11.7 Å². The fourth-order valence-electron chi connectivity index (χ4n) is 3.57. The summed E-state index contributed by atoms with van der Waals surface area (Å²) in [5.41, 5.74) is 1.60. The second-order valence-corrected chi connectivity index (χ2v) is 9.08. The molecule has 184 valence electrons. The molecule has 1 atom stereocenters. The summed E-state index contributed by atoms with van der Waals surface area (Å²) in [5.74, 6) is -1.06. The third-order valence-electron chi connectivity index (χ3n) is 5.44. The number of ether oxygens (including phenoxy) is 1. The first-order valence-electron chi connectivity index (χ1n) is 11.6. The van der Waals surface area contributed by atoms with Crippen molar-refractivity contribution in [2.45, 2.75) is 32.9 Å². The van der Waals surface area contributed by atoms with Crippen LogP contribution in [0.1, 0.15) is 25.0 Å². The van der Waals surface area contributed by atoms with Gasteiger partial charge in [-0.2, -0.15) is 0 Å². The lowest BCUT2D eigenvalue weighted by molar-refractivity contribution is -0.142. The molecule has 0 aliphatic rings. The largest absolute Gasteiger partial charge is 0.481 e. The lowest BCUT2D eigenvalue weighted by atomic mass is 10.0. The standard InChI is InChI=1S/C28H30ClFN2O3/c1-20(2)17-31-28(34)25(16-21-10-4-3-5-11-21)32(18-22-12-6-7-13-23(22)29)27(33)19-35-26-15-9-8-14-24(26)30/h3-15,20,25H,16-19H2,1-2H3,(H,31,34). The Morgan fingerprint density at radius 1 is 0.971 bits per heavy atom. The van der Waals surface area contributed by atoms with Crippen molar-refractivity contribution in [3.63, 3.8) is 0 Å². The minimum Gasteiger partial charge on any atom is -0.481 e. The van der Waals surface area contributed by atoms with Gasteiger partial charge in [0.1, 0.15) is 6.04 Å². The first-order valence-corrected chi connectivity index (χ1v) is 11.9. The van der Waals surface area contributed by atoms with Crippen LogP contribution in [0.5, 0.6) is 5.75 Å². The first kappa shape index (κ1) is 26.2. The van der Waals surface area contributed by atoms with Crippen LogP contribution in [0.3, 0.4) is 0 Å². The molecule has 0 bridgehead atoms. The number of carbonyl (C=O) groups is 2. The van der Waals surface area contributed by atoms with Gasteiger partial charge < -0.3 is 15.0 Å². The Bertz CT molecular complexity index is 1120. The topological polar surface area (TPSA) is 58.6 Å². The average molecular weight is 497 g/mol. The lowest BCUT2D eigenvalue weighted by Crippen LogP contribution is -2.52. The highest BCUT2D eigenvalue weighted by Gasteiger charge is 2.31. The summed E-state index contributed by atoms with van der Waals surface area (Å²) in [6.07, 6.45) is 0.306. The van der Waals surface area contributed by atoms with Crippen molar-refractivity contribution in [2.75, 3.05) is 13.2 Å². The van der Waals surface area contributed by atoms with Crippen molar-refractivity contribution >= 4 is 23.4 Å². The maximum atomic E-state index is 14.1. The van der Waals surface area contributed by atoms with Gasteiger partial charge in [0, 0.05) is 24.5 Å². The van der Waals surface area contributed by atoms with Crippen molar-refractivity contribution in [1.29, 1.82) is 0 Å². The van der Waals surface area contributed by atoms with Gasteiger partial charge in [0.25, 0.3) is 5.91 Å². The highest BCUT2D eigenvalue weighted by Crippen LogP contribution is 2.21. The van der Waals surface area contributed by atoms with E-state index in [4.69, 9.17) is 16.3 Å². The number of nitrogens with one attached hydrogen (secondary N) is 1. The van der Waals surface area contributed by atoms with Crippen LogP contribution in [0.2, 0.25) is 5.02 Å². The normalized spacial score (nSPS) is 11.7. The Hall–Kier alpha value is -3.38. The van der Waals surface area contributed by atoms with Gasteiger partial charge in [-0.15, -0.1) is 0 Å². The number of halogens is 2. The summed E-state index contributed by atoms with van der Waals surface area (Å²) in [4.78, 5) is 28.3. The number of hydrogen-bond donors (Lipinski definition) is 1. The van der Waals surface area contributed by atoms with Crippen LogP contribution >= 0.6 is 11.6 Å². The summed E-state index contributed by atoms with van der Waals surface area (Å²) >= 11 is 6.39. The van der Waals surface area contributed by atoms with Gasteiger partial charge in [-0.25, -0.2) is 4.39 Å². The van der Waals surface area contributed by atoms with E-state index in [2.05, 4.69) is 5.32 Å². The van der Waals surface area contributed by atoms with Gasteiger partial charge in [0.05, 0.1) is 0 Å². The van der Waals surface area contributed by atoms with E-state index in [1.165, 1.54) is 17.0 Å². The molecule has 2 amide bonds. The maximum absolute atomic E-state index is 14.1. The maximum Gasteiger partial charge on any atom is 0.261 e. The molecule has 0 fully saturated rings. The zero-order valence-corrected chi connectivity index (χ0v) is 20.7. The number of para-hydroxylation sites is 1. The van der Waals surface area contributed by atoms with Crippen LogP contribution in [0.4, 0.5) is 4.39 Å². The molecule has 3 aromatic carbocycles. The molecule has 35 heavy (non-hydrogen) atoms. The molecule has 3 rings (SSSR count). The summed E-state index contributed by atoms with van der Waals surface area (Å²) in [5, 5.41) is 3.44. The van der Waals surface area contributed by atoms with E-state index in [-0.39, 0.29) is 24.1 Å². The number of benzene rings is 3. The monoisotopic (exact) mass is 496 g/mol. The zero-order chi connectivity index (χ0) is 25.2. The van der Waals surface area contributed by atoms with Crippen LogP contribution in [0.25, 0.3) is 0 Å². The minimum atomic E-state index is -0.816. The van der Waals surface area contributed by atoms with Crippen LogP contribution in [0.15, 0.2) is 78.9 Å². The van der Waals surface area contributed by atoms with E-state index in [0.29, 0.717) is 23.6 Å². The molecule has 3 aromatic rings. The minimum absolute atomic E-state index is 0.0255. The molecule has 0 aromatic heterocycles. The van der Waals surface area contributed by atoms with Gasteiger partial charge in [0.2, 0.25) is 5.91 Å². The van der Waals surface area contributed by atoms with Crippen LogP contribution < -0.4 is 10.1 Å². The van der Waals surface area contributed by atoms with Crippen molar-refractivity contribution in [3.8, 4) is 5.75 Å². The van der Waals surface area contributed by atoms with E-state index >= 15 is 0 Å². The molecular formula is C28H30ClFN2O3. The quantitative estimate of drug-likeness (QED) is 0.393. The smallest absolute Gasteiger partial charge is 0.261 e. The predicted molar refractivity (Wildman–Crippen MR) is 136 cm³/mol. The fourth-order valence-corrected chi connectivity index (χ4v) is 3.77. The molecule has 1 unspecified atom stereocenters. The number of rotatable bonds is 11. The molecule has 7 heteroatoms. The molecule has 1 N–H and O–H groups in total. The lowest BCUT2D eigenvalue weighted by Gasteiger charge is -2.32. The van der Waals surface area contributed by atoms with E-state index < -0.39 is 24.4 Å². The number of carbonyl (C=O) groups excluding carboxylic acids is 2. The van der Waals surface area contributed by atoms with Crippen molar-refractivity contribution in [1.82, 2.24) is 10.2 Å². The average Bonchev–Trinajstić information content (AvgIpc) is 2.85. The van der Waals surface area contributed by atoms with Gasteiger partial charge in [-0.3, -0.25) is 9.59 Å². The highest BCUT2D eigenvalue weighted by atomic mass is 35.5. The molecule has 5 nitrogen and oxygen atoms in total. The van der Waals surface area contributed by atoms with E-state index in [9.17, 15) is 14.0 Å². The van der Waals surface area contributed by atoms with E-state index in [0.717, 1.165) is 5.56 Å². The summed E-state index contributed by atoms with van der Waals surface area (Å²) in [6.45, 7) is 4.16. The van der Waals surface area contributed by atoms with E-state index in [1.807, 2.05) is 56.3 Å². The van der Waals surface area contributed by atoms with Crippen molar-refractivity contribution in [2.24, 2.45) is 5.92 Å². The Kier molecular flexibility index (Phi) is 9.67. The Balaban J connectivity index is 1.92. The van der Waals surface area contributed by atoms with Gasteiger partial charge in [-0.1, -0.05) is 86.1 Å². The second-order valence-electron chi connectivity index (χ2n) is 8.68. The van der Waals surface area contributed by atoms with Gasteiger partial charge in [0.15, 0.2) is 18.2 Å². The molecule has 0 spiro atoms. The Morgan fingerprint density at radius 3 is 2.31 bits per heavy atom. The highest BCUT2D eigenvalue weighted by molar-refractivity contribution is 6.31. The summed E-state index contributed by atoms with van der Waals surface area (Å²) < 4.78 is 19.6. The predicted octanol–water partition coefficient (Wildman–Crippen LogP) is 5.27. The van der Waals surface area contributed by atoms with E-state index in [1.54, 1.807) is 24.3 Å². The Labute approximate surface area is 210 Å². The number of amides is 2. The molecule has 0 heterocycles. The second kappa shape index (κ2) is 12.9. The summed E-state index contributed by atoms with van der Waals surface area (Å²) in [6, 6.07) is 21.7. The van der Waals surface area contributed by atoms with Gasteiger partial charge in [-0.05, 0) is 35.2 Å². The third-order valence-corrected chi connectivity index (χ3v) is 5.81. The van der Waals surface area contributed by atoms with Crippen molar-refractivity contribution < 1.29 is 18.7 Å². The first-order chi connectivity index (χ1) is 16.8. The molecule has 0 saturated carbocycles. The third kappa shape index (κ3) is 7.82. The SMILES string of the molecule is CC(C)CNC(=O)C(Cc1ccccc1)N(Cc1ccccc1Cl)C(=O)COc1ccccc1F. The van der Waals surface area contributed by atoms with Gasteiger partial charge >= 0.3 is 0 Å². The number of nitrogens with zero attached hydrogens (tertiary/aromatic N) is 1. The molecule has 0 aliphatic heterocycles. The Morgan fingerprint density at radius 2 is 1.63 bits per heavy atom. The molecule has 0 aliphatic carbocycles. The zero-order valence-electron chi connectivity index (χ0n) is 19.9. The van der Waals surface area contributed by atoms with Crippen molar-refractivity contribution in [3.05, 3.63) is 101 Å². The van der Waals surface area contributed by atoms with Crippen LogP contribution in [-0.2, 0) is 22.6 Å².